The van der Waals surface area contributed by atoms with E-state index >= 15 is 0 Å². The monoisotopic (exact) mass is 671 g/mol. The standard InChI is InChI=1S/C9H13N3O2.C8H12N2O3.C7H16O3.C5H8N2O2.CH4/c1-2-14-9(13)7-8(10)12(5-11-7)6-3-4-6;1-4-12-6-10-7(9-3)8(11)13-5-2;1-4-8-7(9-5-2)10-6-3;1-3-9-5(8)4(6)7-2;/h5-6H,2-4,10H2,1H3;6-7H,4-5H2,1-2H3;7H,4-6H2,1-3H3;4H,3,6H2,1H3;1H4. The van der Waals surface area contributed by atoms with Gasteiger partial charge in [-0.05, 0) is 61.3 Å². The Labute approximate surface area is 278 Å². The molecule has 1 aliphatic carbocycles. The SMILES string of the molecule is C.CCOC(=O)c1ncn(C2CC2)c1N.CCOC(OCC)OCC.[C-]#[N+]C(N)C(=O)OCC.[C-]#[N+]C(N=COCC)C(=O)OCC. The van der Waals surface area contributed by atoms with Crippen LogP contribution in [0.4, 0.5) is 5.82 Å². The zero-order valence-electron chi connectivity index (χ0n) is 27.8. The maximum Gasteiger partial charge on any atom is 0.415 e. The van der Waals surface area contributed by atoms with Crippen LogP contribution in [0.2, 0.25) is 0 Å². The second kappa shape index (κ2) is 30.4. The molecule has 4 N–H and O–H groups in total. The van der Waals surface area contributed by atoms with Crippen LogP contribution in [0.25, 0.3) is 9.69 Å². The van der Waals surface area contributed by atoms with E-state index in [9.17, 15) is 14.4 Å². The molecule has 0 bridgehead atoms. The summed E-state index contributed by atoms with van der Waals surface area (Å²) in [4.78, 5) is 46.0. The Morgan fingerprint density at radius 3 is 1.81 bits per heavy atom. The van der Waals surface area contributed by atoms with E-state index in [1.807, 2.05) is 25.3 Å². The minimum absolute atomic E-state index is 0. The summed E-state index contributed by atoms with van der Waals surface area (Å²) < 4.78 is 35.7. The molecule has 0 aliphatic heterocycles. The number of rotatable bonds is 16. The number of hydrogen-bond donors (Lipinski definition) is 2. The van der Waals surface area contributed by atoms with Crippen LogP contribution in [-0.4, -0.2) is 98.9 Å². The van der Waals surface area contributed by atoms with Crippen molar-refractivity contribution < 1.29 is 47.5 Å². The Hall–Kier alpha value is -4.29. The zero-order valence-corrected chi connectivity index (χ0v) is 27.8. The van der Waals surface area contributed by atoms with Crippen molar-refractivity contribution in [1.82, 2.24) is 9.55 Å². The highest BCUT2D eigenvalue weighted by Crippen LogP contribution is 2.37. The topological polar surface area (TPSA) is 207 Å². The Morgan fingerprint density at radius 2 is 1.40 bits per heavy atom. The van der Waals surface area contributed by atoms with Gasteiger partial charge in [-0.1, -0.05) is 7.43 Å². The van der Waals surface area contributed by atoms with E-state index in [4.69, 9.17) is 48.3 Å². The third-order valence-corrected chi connectivity index (χ3v) is 4.88. The van der Waals surface area contributed by atoms with Gasteiger partial charge in [-0.25, -0.2) is 32.5 Å². The molecule has 2 atom stereocenters. The van der Waals surface area contributed by atoms with Gasteiger partial charge in [-0.3, -0.25) is 15.4 Å². The van der Waals surface area contributed by atoms with E-state index in [-0.39, 0.29) is 26.3 Å². The number of carbonyl (C=O) groups is 3. The third-order valence-electron chi connectivity index (χ3n) is 4.88. The summed E-state index contributed by atoms with van der Waals surface area (Å²) >= 11 is 0. The highest BCUT2D eigenvalue weighted by molar-refractivity contribution is 5.92. The van der Waals surface area contributed by atoms with Gasteiger partial charge >= 0.3 is 30.2 Å². The van der Waals surface area contributed by atoms with Crippen molar-refractivity contribution in [1.29, 1.82) is 0 Å². The summed E-state index contributed by atoms with van der Waals surface area (Å²) in [6.07, 6.45) is 2.65. The molecule has 1 aromatic heterocycles. The van der Waals surface area contributed by atoms with Gasteiger partial charge in [0.15, 0.2) is 12.1 Å². The van der Waals surface area contributed by atoms with Gasteiger partial charge in [0.1, 0.15) is 5.82 Å². The third kappa shape index (κ3) is 22.0. The average molecular weight is 672 g/mol. The Balaban J connectivity index is -0.000000555. The quantitative estimate of drug-likeness (QED) is 0.0644. The second-order valence-corrected chi connectivity index (χ2v) is 8.28. The number of nitrogens with two attached hydrogens (primary N) is 2. The maximum atomic E-state index is 11.3. The molecule has 268 valence electrons. The molecule has 0 aromatic carbocycles. The van der Waals surface area contributed by atoms with Crippen LogP contribution in [0.3, 0.4) is 0 Å². The highest BCUT2D eigenvalue weighted by atomic mass is 16.8. The fraction of sp³-hybridized carbons (Fsp3) is 0.700. The average Bonchev–Trinajstić information content (AvgIpc) is 3.81. The lowest BCUT2D eigenvalue weighted by Crippen LogP contribution is -2.28. The van der Waals surface area contributed by atoms with Crippen LogP contribution in [-0.2, 0) is 42.7 Å². The summed E-state index contributed by atoms with van der Waals surface area (Å²) in [5.74, 6) is -1.32. The molecule has 1 aromatic rings. The number of nitrogen functional groups attached to an aromatic ring is 1. The van der Waals surface area contributed by atoms with Gasteiger partial charge in [0, 0.05) is 25.9 Å². The summed E-state index contributed by atoms with van der Waals surface area (Å²) in [5.41, 5.74) is 11.0. The summed E-state index contributed by atoms with van der Waals surface area (Å²) in [5, 5.41) is 0. The first-order valence-corrected chi connectivity index (χ1v) is 14.9. The molecule has 17 nitrogen and oxygen atoms in total. The molecule has 0 amide bonds. The smallest absolute Gasteiger partial charge is 0.415 e. The lowest BCUT2D eigenvalue weighted by Gasteiger charge is -2.15. The van der Waals surface area contributed by atoms with Crippen LogP contribution in [0, 0.1) is 13.1 Å². The van der Waals surface area contributed by atoms with E-state index in [1.165, 1.54) is 0 Å². The van der Waals surface area contributed by atoms with Crippen molar-refractivity contribution in [3.05, 3.63) is 34.9 Å². The first kappa shape index (κ1) is 47.1. The molecular weight excluding hydrogens is 618 g/mol. The van der Waals surface area contributed by atoms with Gasteiger partial charge in [-0.2, -0.15) is 4.99 Å². The number of aromatic nitrogens is 2. The van der Waals surface area contributed by atoms with Crippen LogP contribution in [0.1, 0.15) is 85.3 Å². The molecule has 2 unspecified atom stereocenters. The van der Waals surface area contributed by atoms with E-state index in [0.717, 1.165) is 19.2 Å². The lowest BCUT2D eigenvalue weighted by atomic mass is 10.4. The first-order valence-electron chi connectivity index (χ1n) is 14.9. The summed E-state index contributed by atoms with van der Waals surface area (Å²) in [7, 11) is 0. The Bertz CT molecular complexity index is 1080. The van der Waals surface area contributed by atoms with Gasteiger partial charge < -0.3 is 43.5 Å². The van der Waals surface area contributed by atoms with Crippen molar-refractivity contribution in [3.63, 3.8) is 0 Å². The molecule has 0 radical (unpaired) electrons. The van der Waals surface area contributed by atoms with Gasteiger partial charge in [0.2, 0.25) is 0 Å². The highest BCUT2D eigenvalue weighted by Gasteiger charge is 2.28. The number of carbonyl (C=O) groups excluding carboxylic acids is 3. The molecule has 1 saturated carbocycles. The molecule has 1 heterocycles. The summed E-state index contributed by atoms with van der Waals surface area (Å²) in [6, 6.07) is 0.436. The molecule has 47 heavy (non-hydrogen) atoms. The molecule has 1 fully saturated rings. The first-order chi connectivity index (χ1) is 22.1. The van der Waals surface area contributed by atoms with Crippen LogP contribution >= 0.6 is 0 Å². The molecule has 17 heteroatoms. The van der Waals surface area contributed by atoms with Crippen molar-refractivity contribution in [3.8, 4) is 0 Å². The minimum Gasteiger partial charge on any atom is -0.483 e. The van der Waals surface area contributed by atoms with Crippen molar-refractivity contribution in [2.45, 2.75) is 93.6 Å². The van der Waals surface area contributed by atoms with Crippen molar-refractivity contribution in [2.24, 2.45) is 10.7 Å². The zero-order chi connectivity index (χ0) is 35.3. The fourth-order valence-corrected chi connectivity index (χ4v) is 2.74. The van der Waals surface area contributed by atoms with E-state index in [0.29, 0.717) is 44.9 Å². The van der Waals surface area contributed by atoms with Crippen LogP contribution < -0.4 is 11.5 Å². The number of hydrogen-bond acceptors (Lipinski definition) is 14. The number of imidazole rings is 1. The fourth-order valence-electron chi connectivity index (χ4n) is 2.74. The number of ether oxygens (including phenoxy) is 7. The Morgan fingerprint density at radius 1 is 0.894 bits per heavy atom. The van der Waals surface area contributed by atoms with Gasteiger partial charge in [0.25, 0.3) is 6.48 Å². The summed E-state index contributed by atoms with van der Waals surface area (Å²) in [6.45, 7) is 28.3. The lowest BCUT2D eigenvalue weighted by molar-refractivity contribution is -0.282. The van der Waals surface area contributed by atoms with Crippen LogP contribution in [0.5, 0.6) is 0 Å². The Kier molecular flexibility index (Phi) is 30.4. The molecule has 2 rings (SSSR count). The number of esters is 3. The predicted octanol–water partition coefficient (Wildman–Crippen LogP) is 3.61. The predicted molar refractivity (Wildman–Crippen MR) is 175 cm³/mol. The number of nitrogens with zero attached hydrogens (tertiary/aromatic N) is 5. The van der Waals surface area contributed by atoms with E-state index in [1.54, 1.807) is 34.0 Å². The van der Waals surface area contributed by atoms with Gasteiger partial charge in [-0.15, -0.1) is 0 Å². The van der Waals surface area contributed by atoms with E-state index in [2.05, 4.69) is 29.1 Å². The number of aliphatic imine (C=N–C) groups is 1. The minimum atomic E-state index is -1.15. The maximum absolute atomic E-state index is 11.3. The largest absolute Gasteiger partial charge is 0.483 e. The van der Waals surface area contributed by atoms with Gasteiger partial charge in [0.05, 0.1) is 32.8 Å². The molecule has 0 spiro atoms. The molecule has 1 aliphatic rings. The number of anilines is 1. The van der Waals surface area contributed by atoms with E-state index < -0.39 is 36.7 Å². The second-order valence-electron chi connectivity index (χ2n) is 8.28. The normalized spacial score (nSPS) is 12.5. The van der Waals surface area contributed by atoms with Crippen LogP contribution in [0.15, 0.2) is 11.3 Å². The van der Waals surface area contributed by atoms with Crippen molar-refractivity contribution in [2.75, 3.05) is 52.0 Å². The van der Waals surface area contributed by atoms with Crippen molar-refractivity contribution >= 4 is 30.1 Å². The molecular formula is C30H53N7O10. The molecule has 0 saturated heterocycles.